The maximum Gasteiger partial charge on any atom is 0.258 e. The number of aromatic nitrogens is 2. The van der Waals surface area contributed by atoms with E-state index in [0.29, 0.717) is 16.7 Å². The lowest BCUT2D eigenvalue weighted by molar-refractivity contribution is -0.113. The summed E-state index contributed by atoms with van der Waals surface area (Å²) in [5.41, 5.74) is 3.54. The molecule has 0 bridgehead atoms. The lowest BCUT2D eigenvalue weighted by atomic mass is 10.1. The Balaban J connectivity index is 1.66. The van der Waals surface area contributed by atoms with Gasteiger partial charge in [0, 0.05) is 5.69 Å². The van der Waals surface area contributed by atoms with E-state index in [-0.39, 0.29) is 22.5 Å². The molecule has 0 spiro atoms. The second-order valence-electron chi connectivity index (χ2n) is 6.29. The van der Waals surface area contributed by atoms with Crippen molar-refractivity contribution in [2.24, 2.45) is 0 Å². The van der Waals surface area contributed by atoms with Gasteiger partial charge in [0.05, 0.1) is 21.9 Å². The summed E-state index contributed by atoms with van der Waals surface area (Å²) >= 11 is 1.44. The maximum absolute atomic E-state index is 12.2. The van der Waals surface area contributed by atoms with Crippen molar-refractivity contribution in [2.75, 3.05) is 11.1 Å². The second-order valence-corrected chi connectivity index (χ2v) is 7.62. The highest BCUT2D eigenvalue weighted by molar-refractivity contribution is 8.00. The first-order valence-electron chi connectivity index (χ1n) is 8.41. The average molecular weight is 367 g/mol. The fourth-order valence-corrected chi connectivity index (χ4v) is 3.46. The lowest BCUT2D eigenvalue weighted by Crippen LogP contribution is -2.17. The van der Waals surface area contributed by atoms with Crippen LogP contribution in [0.1, 0.15) is 29.1 Å². The second kappa shape index (κ2) is 7.74. The monoisotopic (exact) mass is 367 g/mol. The molecule has 1 aromatic heterocycles. The zero-order chi connectivity index (χ0) is 18.7. The number of rotatable bonds is 5. The van der Waals surface area contributed by atoms with Crippen LogP contribution in [0.15, 0.2) is 47.3 Å². The Morgan fingerprint density at radius 1 is 1.23 bits per heavy atom. The van der Waals surface area contributed by atoms with Gasteiger partial charge in [-0.2, -0.15) is 0 Å². The number of carbonyl (C=O) groups is 1. The van der Waals surface area contributed by atoms with Crippen LogP contribution in [0.2, 0.25) is 0 Å². The molecule has 1 atom stereocenters. The van der Waals surface area contributed by atoms with Gasteiger partial charge in [-0.3, -0.25) is 9.59 Å². The molecule has 0 aliphatic carbocycles. The molecular weight excluding hydrogens is 346 g/mol. The van der Waals surface area contributed by atoms with Crippen molar-refractivity contribution in [1.29, 1.82) is 0 Å². The average Bonchev–Trinajstić information content (AvgIpc) is 2.62. The fourth-order valence-electron chi connectivity index (χ4n) is 2.72. The van der Waals surface area contributed by atoms with Crippen LogP contribution >= 0.6 is 11.8 Å². The van der Waals surface area contributed by atoms with Gasteiger partial charge in [-0.1, -0.05) is 29.8 Å². The van der Waals surface area contributed by atoms with E-state index in [1.165, 1.54) is 11.8 Å². The largest absolute Gasteiger partial charge is 0.325 e. The molecule has 6 heteroatoms. The Labute approximate surface area is 156 Å². The minimum Gasteiger partial charge on any atom is -0.325 e. The normalized spacial score (nSPS) is 12.1. The SMILES string of the molecule is Cc1ccc(NC(=O)CSC(C)c2nc3ccccc3c(=O)[nH]2)c(C)c1. The van der Waals surface area contributed by atoms with Crippen molar-refractivity contribution < 1.29 is 4.79 Å². The first-order valence-corrected chi connectivity index (χ1v) is 9.46. The topological polar surface area (TPSA) is 74.8 Å². The molecule has 0 saturated heterocycles. The molecule has 0 aliphatic rings. The predicted octanol–water partition coefficient (Wildman–Crippen LogP) is 3.97. The summed E-state index contributed by atoms with van der Waals surface area (Å²) < 4.78 is 0. The minimum absolute atomic E-state index is 0.0723. The van der Waals surface area contributed by atoms with Crippen LogP contribution in [-0.2, 0) is 4.79 Å². The van der Waals surface area contributed by atoms with E-state index in [1.54, 1.807) is 6.07 Å². The standard InChI is InChI=1S/C20H21N3O2S/c1-12-8-9-16(13(2)10-12)21-18(24)11-26-14(3)19-22-17-7-5-4-6-15(17)20(25)23-19/h4-10,14H,11H2,1-3H3,(H,21,24)(H,22,23,25). The molecule has 2 aromatic carbocycles. The lowest BCUT2D eigenvalue weighted by Gasteiger charge is -2.12. The summed E-state index contributed by atoms with van der Waals surface area (Å²) in [6.07, 6.45) is 0. The van der Waals surface area contributed by atoms with Gasteiger partial charge in [-0.05, 0) is 44.5 Å². The highest BCUT2D eigenvalue weighted by Gasteiger charge is 2.14. The number of para-hydroxylation sites is 1. The third kappa shape index (κ3) is 4.14. The molecule has 3 aromatic rings. The first kappa shape index (κ1) is 18.2. The van der Waals surface area contributed by atoms with E-state index in [4.69, 9.17) is 0 Å². The van der Waals surface area contributed by atoms with Gasteiger partial charge in [-0.25, -0.2) is 4.98 Å². The molecule has 0 saturated carbocycles. The number of thioether (sulfide) groups is 1. The van der Waals surface area contributed by atoms with Gasteiger partial charge >= 0.3 is 0 Å². The summed E-state index contributed by atoms with van der Waals surface area (Å²) in [6.45, 7) is 5.93. The molecule has 1 unspecified atom stereocenters. The van der Waals surface area contributed by atoms with E-state index < -0.39 is 0 Å². The van der Waals surface area contributed by atoms with E-state index in [9.17, 15) is 9.59 Å². The highest BCUT2D eigenvalue weighted by Crippen LogP contribution is 2.26. The Morgan fingerprint density at radius 2 is 2.00 bits per heavy atom. The molecule has 1 heterocycles. The number of fused-ring (bicyclic) bond motifs is 1. The number of aryl methyl sites for hydroxylation is 2. The quantitative estimate of drug-likeness (QED) is 0.715. The number of anilines is 1. The highest BCUT2D eigenvalue weighted by atomic mass is 32.2. The Kier molecular flexibility index (Phi) is 5.42. The van der Waals surface area contributed by atoms with Crippen LogP contribution in [0.5, 0.6) is 0 Å². The Morgan fingerprint density at radius 3 is 2.77 bits per heavy atom. The van der Waals surface area contributed by atoms with Crippen LogP contribution < -0.4 is 10.9 Å². The van der Waals surface area contributed by atoms with Crippen molar-refractivity contribution in [3.05, 3.63) is 69.8 Å². The summed E-state index contributed by atoms with van der Waals surface area (Å²) in [7, 11) is 0. The number of aromatic amines is 1. The third-order valence-electron chi connectivity index (χ3n) is 4.14. The zero-order valence-corrected chi connectivity index (χ0v) is 15.8. The number of H-pyrrole nitrogens is 1. The summed E-state index contributed by atoms with van der Waals surface area (Å²) in [5, 5.41) is 3.40. The van der Waals surface area contributed by atoms with Gasteiger partial charge in [-0.15, -0.1) is 11.8 Å². The minimum atomic E-state index is -0.155. The van der Waals surface area contributed by atoms with Gasteiger partial charge in [0.25, 0.3) is 5.56 Å². The van der Waals surface area contributed by atoms with Crippen molar-refractivity contribution in [3.63, 3.8) is 0 Å². The zero-order valence-electron chi connectivity index (χ0n) is 15.0. The molecule has 2 N–H and O–H groups in total. The first-order chi connectivity index (χ1) is 12.4. The smallest absolute Gasteiger partial charge is 0.258 e. The number of carbonyl (C=O) groups excluding carboxylic acids is 1. The molecular formula is C20H21N3O2S. The van der Waals surface area contributed by atoms with E-state index in [2.05, 4.69) is 15.3 Å². The van der Waals surface area contributed by atoms with Crippen LogP contribution in [0, 0.1) is 13.8 Å². The van der Waals surface area contributed by atoms with E-state index >= 15 is 0 Å². The maximum atomic E-state index is 12.2. The van der Waals surface area contributed by atoms with Gasteiger partial charge in [0.1, 0.15) is 5.82 Å². The molecule has 0 fully saturated rings. The van der Waals surface area contributed by atoms with E-state index in [0.717, 1.165) is 16.8 Å². The number of amides is 1. The van der Waals surface area contributed by atoms with Crippen LogP contribution in [0.3, 0.4) is 0 Å². The number of benzene rings is 2. The summed E-state index contributed by atoms with van der Waals surface area (Å²) in [6, 6.07) is 13.2. The third-order valence-corrected chi connectivity index (χ3v) is 5.29. The Hall–Kier alpha value is -2.60. The molecule has 0 aliphatic heterocycles. The van der Waals surface area contributed by atoms with E-state index in [1.807, 2.05) is 57.2 Å². The number of hydrogen-bond donors (Lipinski definition) is 2. The number of hydrogen-bond acceptors (Lipinski definition) is 4. The number of nitrogens with zero attached hydrogens (tertiary/aromatic N) is 1. The summed E-state index contributed by atoms with van der Waals surface area (Å²) in [5.74, 6) is 0.792. The molecule has 1 amide bonds. The van der Waals surface area contributed by atoms with Crippen molar-refractivity contribution in [1.82, 2.24) is 9.97 Å². The number of nitrogens with one attached hydrogen (secondary N) is 2. The summed E-state index contributed by atoms with van der Waals surface area (Å²) in [4.78, 5) is 31.7. The van der Waals surface area contributed by atoms with Crippen LogP contribution in [0.4, 0.5) is 5.69 Å². The van der Waals surface area contributed by atoms with Gasteiger partial charge in [0.2, 0.25) is 5.91 Å². The van der Waals surface area contributed by atoms with Crippen LogP contribution in [0.25, 0.3) is 10.9 Å². The van der Waals surface area contributed by atoms with Crippen LogP contribution in [-0.4, -0.2) is 21.6 Å². The van der Waals surface area contributed by atoms with Gasteiger partial charge in [0.15, 0.2) is 0 Å². The van der Waals surface area contributed by atoms with Gasteiger partial charge < -0.3 is 10.3 Å². The van der Waals surface area contributed by atoms with Crippen molar-refractivity contribution >= 4 is 34.3 Å². The molecule has 5 nitrogen and oxygen atoms in total. The molecule has 3 rings (SSSR count). The molecule has 26 heavy (non-hydrogen) atoms. The van der Waals surface area contributed by atoms with Crippen molar-refractivity contribution in [2.45, 2.75) is 26.0 Å². The predicted molar refractivity (Wildman–Crippen MR) is 108 cm³/mol. The van der Waals surface area contributed by atoms with Crippen molar-refractivity contribution in [3.8, 4) is 0 Å². The Bertz CT molecular complexity index is 1010. The molecule has 134 valence electrons. The fraction of sp³-hybridized carbons (Fsp3) is 0.250. The molecule has 0 radical (unpaired) electrons.